The summed E-state index contributed by atoms with van der Waals surface area (Å²) in [5, 5.41) is 3.56. The first-order valence-electron chi connectivity index (χ1n) is 9.10. The minimum Gasteiger partial charge on any atom is -0.489 e. The normalized spacial score (nSPS) is 14.9. The van der Waals surface area contributed by atoms with Crippen molar-refractivity contribution < 1.29 is 14.3 Å². The number of thiophene rings is 1. The van der Waals surface area contributed by atoms with E-state index in [9.17, 15) is 9.59 Å². The second-order valence-electron chi connectivity index (χ2n) is 6.38. The van der Waals surface area contributed by atoms with E-state index in [2.05, 4.69) is 5.43 Å². The zero-order valence-corrected chi connectivity index (χ0v) is 19.1. The first kappa shape index (κ1) is 21.6. The minimum absolute atomic E-state index is 0.279. The lowest BCUT2D eigenvalue weighted by molar-refractivity contribution is -0.123. The number of hydrogen-bond donors (Lipinski definition) is 1. The summed E-state index contributed by atoms with van der Waals surface area (Å²) in [7, 11) is 0. The lowest BCUT2D eigenvalue weighted by Crippen LogP contribution is -2.44. The van der Waals surface area contributed by atoms with Crippen molar-refractivity contribution in [3.05, 3.63) is 92.0 Å². The van der Waals surface area contributed by atoms with Crippen molar-refractivity contribution in [2.24, 2.45) is 0 Å². The van der Waals surface area contributed by atoms with Gasteiger partial charge in [0, 0.05) is 10.6 Å². The topological polar surface area (TPSA) is 58.6 Å². The second kappa shape index (κ2) is 9.65. The third-order valence-electron chi connectivity index (χ3n) is 4.28. The molecule has 1 aliphatic heterocycles. The summed E-state index contributed by atoms with van der Waals surface area (Å²) in [5.74, 6) is -0.0423. The molecule has 0 unspecified atom stereocenters. The number of amides is 2. The Bertz CT molecular complexity index is 1160. The number of carbonyl (C=O) groups excluding carboxylic acids is 2. The first-order valence-corrected chi connectivity index (χ1v) is 11.6. The number of benzene rings is 2. The zero-order chi connectivity index (χ0) is 21.8. The van der Waals surface area contributed by atoms with Crippen LogP contribution in [0, 0.1) is 0 Å². The van der Waals surface area contributed by atoms with Crippen LogP contribution in [0.25, 0.3) is 6.08 Å². The Labute approximate surface area is 197 Å². The summed E-state index contributed by atoms with van der Waals surface area (Å²) in [6, 6.07) is 18.3. The van der Waals surface area contributed by atoms with Crippen molar-refractivity contribution in [3.8, 4) is 5.75 Å². The molecule has 3 aromatic rings. The maximum Gasteiger partial charge on any atom is 0.285 e. The van der Waals surface area contributed by atoms with E-state index in [-0.39, 0.29) is 16.1 Å². The maximum atomic E-state index is 12.7. The van der Waals surface area contributed by atoms with Gasteiger partial charge in [0.05, 0.1) is 9.78 Å². The lowest BCUT2D eigenvalue weighted by Gasteiger charge is -2.14. The van der Waals surface area contributed by atoms with Gasteiger partial charge in [0.2, 0.25) is 0 Å². The molecule has 0 spiro atoms. The van der Waals surface area contributed by atoms with Crippen LogP contribution in [-0.4, -0.2) is 21.1 Å². The van der Waals surface area contributed by atoms with Crippen molar-refractivity contribution in [1.29, 1.82) is 0 Å². The number of ether oxygens (including phenoxy) is 1. The molecule has 5 nitrogen and oxygen atoms in total. The van der Waals surface area contributed by atoms with Gasteiger partial charge in [-0.3, -0.25) is 15.0 Å². The van der Waals surface area contributed by atoms with E-state index in [4.69, 9.17) is 28.6 Å². The molecule has 31 heavy (non-hydrogen) atoms. The van der Waals surface area contributed by atoms with Gasteiger partial charge in [-0.05, 0) is 53.5 Å². The summed E-state index contributed by atoms with van der Waals surface area (Å²) in [4.78, 5) is 25.9. The van der Waals surface area contributed by atoms with Gasteiger partial charge >= 0.3 is 0 Å². The summed E-state index contributed by atoms with van der Waals surface area (Å²) >= 11 is 13.8. The van der Waals surface area contributed by atoms with Crippen molar-refractivity contribution in [1.82, 2.24) is 10.4 Å². The van der Waals surface area contributed by atoms with E-state index in [0.717, 1.165) is 27.9 Å². The van der Waals surface area contributed by atoms with Gasteiger partial charge in [-0.25, -0.2) is 0 Å². The number of hydrogen-bond acceptors (Lipinski definition) is 6. The van der Waals surface area contributed by atoms with Crippen LogP contribution in [0.2, 0.25) is 5.02 Å². The first-order chi connectivity index (χ1) is 15.0. The molecule has 2 amide bonds. The molecule has 4 rings (SSSR count). The predicted octanol–water partition coefficient (Wildman–Crippen LogP) is 5.53. The Morgan fingerprint density at radius 3 is 2.61 bits per heavy atom. The zero-order valence-electron chi connectivity index (χ0n) is 15.9. The third kappa shape index (κ3) is 5.16. The molecule has 1 fully saturated rings. The van der Waals surface area contributed by atoms with Crippen LogP contribution in [-0.2, 0) is 11.4 Å². The van der Waals surface area contributed by atoms with Crippen LogP contribution in [0.4, 0.5) is 0 Å². The summed E-state index contributed by atoms with van der Waals surface area (Å²) in [5.41, 5.74) is 4.28. The minimum atomic E-state index is -0.368. The number of nitrogens with zero attached hydrogens (tertiary/aromatic N) is 1. The fraction of sp³-hybridized carbons (Fsp3) is 0.0455. The number of thioether (sulfide) groups is 1. The molecule has 2 heterocycles. The van der Waals surface area contributed by atoms with Gasteiger partial charge in [0.1, 0.15) is 12.4 Å². The lowest BCUT2D eigenvalue weighted by atomic mass is 10.2. The number of carbonyl (C=O) groups is 2. The maximum absolute atomic E-state index is 12.7. The van der Waals surface area contributed by atoms with Crippen LogP contribution in [0.5, 0.6) is 5.75 Å². The van der Waals surface area contributed by atoms with Gasteiger partial charge in [-0.2, -0.15) is 5.01 Å². The number of hydrazine groups is 1. The number of thiocarbonyl (C=S) groups is 1. The van der Waals surface area contributed by atoms with E-state index in [1.165, 1.54) is 11.3 Å². The van der Waals surface area contributed by atoms with Crippen molar-refractivity contribution in [2.75, 3.05) is 0 Å². The largest absolute Gasteiger partial charge is 0.489 e. The molecular weight excluding hydrogens is 472 g/mol. The third-order valence-corrected chi connectivity index (χ3v) is 6.82. The molecule has 0 radical (unpaired) electrons. The van der Waals surface area contributed by atoms with E-state index >= 15 is 0 Å². The van der Waals surface area contributed by atoms with E-state index in [1.807, 2.05) is 48.5 Å². The molecule has 9 heteroatoms. The molecule has 0 saturated carbocycles. The van der Waals surface area contributed by atoms with Crippen LogP contribution < -0.4 is 10.2 Å². The Morgan fingerprint density at radius 1 is 1.13 bits per heavy atom. The fourth-order valence-electron chi connectivity index (χ4n) is 2.72. The smallest absolute Gasteiger partial charge is 0.285 e. The van der Waals surface area contributed by atoms with E-state index in [1.54, 1.807) is 23.6 Å². The fourth-order valence-corrected chi connectivity index (χ4v) is 4.70. The average Bonchev–Trinajstić information content (AvgIpc) is 3.39. The summed E-state index contributed by atoms with van der Waals surface area (Å²) in [6.45, 7) is 0.363. The highest BCUT2D eigenvalue weighted by Gasteiger charge is 2.33. The molecular formula is C22H15ClN2O3S3. The predicted molar refractivity (Wildman–Crippen MR) is 129 cm³/mol. The molecule has 156 valence electrons. The average molecular weight is 487 g/mol. The van der Waals surface area contributed by atoms with Crippen LogP contribution in [0.15, 0.2) is 70.9 Å². The van der Waals surface area contributed by atoms with E-state index < -0.39 is 0 Å². The number of rotatable bonds is 6. The molecule has 0 bridgehead atoms. The molecule has 0 atom stereocenters. The Balaban J connectivity index is 1.40. The summed E-state index contributed by atoms with van der Waals surface area (Å²) < 4.78 is 6.06. The molecule has 1 N–H and O–H groups in total. The second-order valence-corrected chi connectivity index (χ2v) is 9.42. The quantitative estimate of drug-likeness (QED) is 0.367. The van der Waals surface area contributed by atoms with Crippen molar-refractivity contribution in [3.63, 3.8) is 0 Å². The molecule has 0 aliphatic carbocycles. The highest BCUT2D eigenvalue weighted by molar-refractivity contribution is 8.26. The molecule has 1 aliphatic rings. The standard InChI is InChI=1S/C22H15ClN2O3S3/c23-17-5-2-1-4-15(17)13-28-16-9-7-14(8-10-16)12-19-21(27)25(22(29)31-19)24-20(26)18-6-3-11-30-18/h1-12H,13H2,(H,24,26)/b19-12+. The van der Waals surface area contributed by atoms with Gasteiger partial charge in [-0.1, -0.05) is 59.8 Å². The van der Waals surface area contributed by atoms with Gasteiger partial charge in [-0.15, -0.1) is 11.3 Å². The SMILES string of the molecule is O=C(NN1C(=O)/C(=C\c2ccc(OCc3ccccc3Cl)cc2)SC1=S)c1cccs1. The Morgan fingerprint density at radius 2 is 1.90 bits per heavy atom. The highest BCUT2D eigenvalue weighted by Crippen LogP contribution is 2.32. The number of halogens is 1. The van der Waals surface area contributed by atoms with Crippen molar-refractivity contribution >= 4 is 69.1 Å². The van der Waals surface area contributed by atoms with Crippen molar-refractivity contribution in [2.45, 2.75) is 6.61 Å². The highest BCUT2D eigenvalue weighted by atomic mass is 35.5. The van der Waals surface area contributed by atoms with Gasteiger partial charge in [0.15, 0.2) is 4.32 Å². The monoisotopic (exact) mass is 486 g/mol. The van der Waals surface area contributed by atoms with Crippen LogP contribution in [0.1, 0.15) is 20.8 Å². The van der Waals surface area contributed by atoms with Gasteiger partial charge in [0.25, 0.3) is 11.8 Å². The van der Waals surface area contributed by atoms with Crippen LogP contribution >= 0.6 is 46.9 Å². The Kier molecular flexibility index (Phi) is 6.72. The van der Waals surface area contributed by atoms with E-state index in [0.29, 0.717) is 27.2 Å². The van der Waals surface area contributed by atoms with Crippen LogP contribution in [0.3, 0.4) is 0 Å². The number of nitrogens with one attached hydrogen (secondary N) is 1. The molecule has 1 saturated heterocycles. The molecule has 1 aromatic heterocycles. The summed E-state index contributed by atoms with van der Waals surface area (Å²) in [6.07, 6.45) is 1.73. The van der Waals surface area contributed by atoms with Gasteiger partial charge < -0.3 is 4.74 Å². The molecule has 2 aromatic carbocycles. The Hall–Kier alpha value is -2.65.